The molecule has 1 aromatic rings. The normalized spacial score (nSPS) is 11.5. The Balaban J connectivity index is 3.09. The maximum absolute atomic E-state index is 11.9. The summed E-state index contributed by atoms with van der Waals surface area (Å²) in [4.78, 5) is 0. The number of halogens is 5. The minimum Gasteiger partial charge on any atom is -0.403 e. The van der Waals surface area contributed by atoms with Crippen LogP contribution in [0.15, 0.2) is 21.1 Å². The Morgan fingerprint density at radius 1 is 1.21 bits per heavy atom. The van der Waals surface area contributed by atoms with Crippen LogP contribution in [0, 0.1) is 0 Å². The number of hydrogen-bond acceptors (Lipinski definition) is 2. The molecular weight excluding hydrogens is 331 g/mol. The molecule has 0 aliphatic heterocycles. The van der Waals surface area contributed by atoms with E-state index in [1.807, 2.05) is 0 Å². The number of nitrogens with two attached hydrogens (primary N) is 1. The smallest absolute Gasteiger partial charge is 0.403 e. The summed E-state index contributed by atoms with van der Waals surface area (Å²) in [6, 6.07) is 2.67. The van der Waals surface area contributed by atoms with E-state index in [1.165, 1.54) is 6.07 Å². The summed E-state index contributed by atoms with van der Waals surface area (Å²) in [6.07, 6.45) is -4.74. The summed E-state index contributed by atoms with van der Waals surface area (Å²) >= 11 is 6.02. The van der Waals surface area contributed by atoms with Crippen molar-refractivity contribution in [3.8, 4) is 5.75 Å². The van der Waals surface area contributed by atoms with Crippen molar-refractivity contribution in [2.75, 3.05) is 5.73 Å². The topological polar surface area (TPSA) is 35.2 Å². The van der Waals surface area contributed by atoms with Gasteiger partial charge in [0.25, 0.3) is 0 Å². The maximum atomic E-state index is 11.9. The molecule has 0 aromatic heterocycles. The van der Waals surface area contributed by atoms with Crippen molar-refractivity contribution >= 4 is 37.5 Å². The highest BCUT2D eigenvalue weighted by molar-refractivity contribution is 9.11. The Kier molecular flexibility index (Phi) is 3.31. The first kappa shape index (κ1) is 11.6. The van der Waals surface area contributed by atoms with Gasteiger partial charge in [0.2, 0.25) is 0 Å². The number of hydrogen-bond donors (Lipinski definition) is 1. The molecule has 2 N–H and O–H groups in total. The molecule has 7 heteroatoms. The lowest BCUT2D eigenvalue weighted by molar-refractivity contribution is -0.274. The molecule has 0 amide bonds. The van der Waals surface area contributed by atoms with Crippen LogP contribution in [0.2, 0.25) is 0 Å². The summed E-state index contributed by atoms with van der Waals surface area (Å²) < 4.78 is 40.1. The van der Waals surface area contributed by atoms with Gasteiger partial charge in [0, 0.05) is 8.95 Å². The lowest BCUT2D eigenvalue weighted by atomic mass is 10.3. The largest absolute Gasteiger partial charge is 0.573 e. The number of alkyl halides is 3. The molecule has 0 fully saturated rings. The van der Waals surface area contributed by atoms with Crippen LogP contribution in [0.25, 0.3) is 0 Å². The lowest BCUT2D eigenvalue weighted by Crippen LogP contribution is -2.18. The van der Waals surface area contributed by atoms with E-state index in [0.717, 1.165) is 6.07 Å². The van der Waals surface area contributed by atoms with Gasteiger partial charge in [-0.25, -0.2) is 0 Å². The van der Waals surface area contributed by atoms with Gasteiger partial charge in [0.1, 0.15) is 0 Å². The first-order chi connectivity index (χ1) is 6.29. The minimum absolute atomic E-state index is 0.0921. The van der Waals surface area contributed by atoms with Crippen molar-refractivity contribution in [3.63, 3.8) is 0 Å². The summed E-state index contributed by atoms with van der Waals surface area (Å²) in [7, 11) is 0. The van der Waals surface area contributed by atoms with Gasteiger partial charge in [-0.05, 0) is 28.1 Å². The molecule has 0 spiro atoms. The second-order valence-corrected chi connectivity index (χ2v) is 4.12. The molecule has 0 aliphatic carbocycles. The predicted molar refractivity (Wildman–Crippen MR) is 52.9 cm³/mol. The Morgan fingerprint density at radius 2 is 1.79 bits per heavy atom. The molecule has 0 atom stereocenters. The van der Waals surface area contributed by atoms with Gasteiger partial charge in [0.05, 0.1) is 5.69 Å². The Hall–Kier alpha value is -0.430. The van der Waals surface area contributed by atoms with Crippen LogP contribution in [-0.4, -0.2) is 6.36 Å². The highest BCUT2D eigenvalue weighted by Crippen LogP contribution is 2.36. The van der Waals surface area contributed by atoms with E-state index in [0.29, 0.717) is 8.95 Å². The van der Waals surface area contributed by atoms with Crippen molar-refractivity contribution < 1.29 is 17.9 Å². The minimum atomic E-state index is -4.74. The predicted octanol–water partition coefficient (Wildman–Crippen LogP) is 3.69. The fourth-order valence-corrected chi connectivity index (χ4v) is 1.96. The molecule has 0 radical (unpaired) electrons. The molecule has 78 valence electrons. The molecule has 1 rings (SSSR count). The van der Waals surface area contributed by atoms with Crippen LogP contribution in [0.5, 0.6) is 5.75 Å². The van der Waals surface area contributed by atoms with E-state index >= 15 is 0 Å². The Bertz CT molecular complexity index is 354. The van der Waals surface area contributed by atoms with E-state index in [-0.39, 0.29) is 5.69 Å². The number of ether oxygens (including phenoxy) is 1. The van der Waals surface area contributed by atoms with E-state index in [9.17, 15) is 13.2 Å². The van der Waals surface area contributed by atoms with Gasteiger partial charge in [-0.2, -0.15) is 0 Å². The molecule has 0 bridgehead atoms. The summed E-state index contributed by atoms with van der Waals surface area (Å²) in [6.45, 7) is 0. The molecule has 0 saturated carbocycles. The van der Waals surface area contributed by atoms with Crippen LogP contribution >= 0.6 is 31.9 Å². The van der Waals surface area contributed by atoms with Crippen molar-refractivity contribution in [1.29, 1.82) is 0 Å². The molecule has 0 aliphatic rings. The first-order valence-corrected chi connectivity index (χ1v) is 4.88. The first-order valence-electron chi connectivity index (χ1n) is 3.30. The van der Waals surface area contributed by atoms with Crippen molar-refractivity contribution in [1.82, 2.24) is 0 Å². The van der Waals surface area contributed by atoms with Crippen LogP contribution in [0.3, 0.4) is 0 Å². The highest BCUT2D eigenvalue weighted by atomic mass is 79.9. The number of rotatable bonds is 1. The van der Waals surface area contributed by atoms with Crippen molar-refractivity contribution in [2.45, 2.75) is 6.36 Å². The molecule has 0 saturated heterocycles. The third kappa shape index (κ3) is 3.06. The molecule has 14 heavy (non-hydrogen) atoms. The molecule has 0 unspecified atom stereocenters. The SMILES string of the molecule is Nc1c(Br)cc(Br)cc1OC(F)(F)F. The van der Waals surface area contributed by atoms with Gasteiger partial charge in [-0.1, -0.05) is 15.9 Å². The number of benzene rings is 1. The Labute approximate surface area is 94.5 Å². The van der Waals surface area contributed by atoms with Crippen LogP contribution in [-0.2, 0) is 0 Å². The van der Waals surface area contributed by atoms with E-state index < -0.39 is 12.1 Å². The summed E-state index contributed by atoms with van der Waals surface area (Å²) in [5, 5.41) is 0. The zero-order chi connectivity index (χ0) is 10.9. The summed E-state index contributed by atoms with van der Waals surface area (Å²) in [5.74, 6) is -0.432. The maximum Gasteiger partial charge on any atom is 0.573 e. The van der Waals surface area contributed by atoms with Gasteiger partial charge < -0.3 is 10.5 Å². The van der Waals surface area contributed by atoms with E-state index in [2.05, 4.69) is 36.6 Å². The van der Waals surface area contributed by atoms with Crippen LogP contribution in [0.4, 0.5) is 18.9 Å². The average molecular weight is 335 g/mol. The van der Waals surface area contributed by atoms with Crippen LogP contribution < -0.4 is 10.5 Å². The molecular formula is C7H4Br2F3NO. The van der Waals surface area contributed by atoms with Crippen molar-refractivity contribution in [3.05, 3.63) is 21.1 Å². The summed E-state index contributed by atoms with van der Waals surface area (Å²) in [5.41, 5.74) is 5.27. The quantitative estimate of drug-likeness (QED) is 0.795. The van der Waals surface area contributed by atoms with Crippen LogP contribution in [0.1, 0.15) is 0 Å². The zero-order valence-corrected chi connectivity index (χ0v) is 9.70. The number of anilines is 1. The van der Waals surface area contributed by atoms with Crippen molar-refractivity contribution in [2.24, 2.45) is 0 Å². The van der Waals surface area contributed by atoms with Gasteiger partial charge >= 0.3 is 6.36 Å². The zero-order valence-electron chi connectivity index (χ0n) is 6.53. The fourth-order valence-electron chi connectivity index (χ4n) is 0.770. The van der Waals surface area contributed by atoms with E-state index in [1.54, 1.807) is 0 Å². The van der Waals surface area contributed by atoms with E-state index in [4.69, 9.17) is 5.73 Å². The van der Waals surface area contributed by atoms with Gasteiger partial charge in [-0.15, -0.1) is 13.2 Å². The second kappa shape index (κ2) is 3.98. The average Bonchev–Trinajstić information content (AvgIpc) is 1.96. The standard InChI is InChI=1S/C7H4Br2F3NO/c8-3-1-4(9)6(13)5(2-3)14-7(10,11)12/h1-2H,13H2. The van der Waals surface area contributed by atoms with Gasteiger partial charge in [0.15, 0.2) is 5.75 Å². The third-order valence-corrected chi connectivity index (χ3v) is 2.40. The molecule has 2 nitrogen and oxygen atoms in total. The fraction of sp³-hybridized carbons (Fsp3) is 0.143. The second-order valence-electron chi connectivity index (χ2n) is 2.35. The molecule has 0 heterocycles. The lowest BCUT2D eigenvalue weighted by Gasteiger charge is -2.12. The molecule has 1 aromatic carbocycles. The monoisotopic (exact) mass is 333 g/mol. The number of nitrogen functional groups attached to an aromatic ring is 1. The van der Waals surface area contributed by atoms with Gasteiger partial charge in [-0.3, -0.25) is 0 Å². The highest BCUT2D eigenvalue weighted by Gasteiger charge is 2.32. The third-order valence-electron chi connectivity index (χ3n) is 1.28. The Morgan fingerprint density at radius 3 is 2.29 bits per heavy atom.